The number of carboxylic acid groups (broad SMARTS) is 1. The van der Waals surface area contributed by atoms with Crippen LogP contribution in [0.15, 0.2) is 0 Å². The molecule has 1 rings (SSSR count). The molecule has 1 amide bonds. The smallest absolute Gasteiger partial charge is 0.333 e. The van der Waals surface area contributed by atoms with E-state index < -0.39 is 24.3 Å². The molecular formula is C12H17F2N3O3. The van der Waals surface area contributed by atoms with Crippen molar-refractivity contribution in [2.45, 2.75) is 33.7 Å². The Balaban J connectivity index is 2.69. The summed E-state index contributed by atoms with van der Waals surface area (Å²) in [6.07, 6.45) is -0.100. The molecule has 0 aromatic carbocycles. The number of alkyl halides is 2. The molecule has 6 nitrogen and oxygen atoms in total. The van der Waals surface area contributed by atoms with Crippen molar-refractivity contribution in [1.29, 1.82) is 0 Å². The monoisotopic (exact) mass is 289 g/mol. The van der Waals surface area contributed by atoms with Crippen LogP contribution in [-0.2, 0) is 16.0 Å². The molecule has 0 saturated heterocycles. The van der Waals surface area contributed by atoms with Crippen LogP contribution in [0.3, 0.4) is 0 Å². The SMILES string of the molecule is Cc1nn(C(F)F)c(C)c1CC(=O)NCC(C)C(=O)O. The number of carbonyl (C=O) groups is 2. The maximum absolute atomic E-state index is 12.6. The molecule has 1 aromatic heterocycles. The van der Waals surface area contributed by atoms with E-state index in [-0.39, 0.29) is 18.7 Å². The van der Waals surface area contributed by atoms with E-state index >= 15 is 0 Å². The molecule has 1 unspecified atom stereocenters. The van der Waals surface area contributed by atoms with Gasteiger partial charge in [0.25, 0.3) is 0 Å². The van der Waals surface area contributed by atoms with Crippen molar-refractivity contribution in [3.8, 4) is 0 Å². The Morgan fingerprint density at radius 2 is 2.00 bits per heavy atom. The number of amides is 1. The first kappa shape index (κ1) is 16.1. The van der Waals surface area contributed by atoms with E-state index in [0.29, 0.717) is 15.9 Å². The number of carbonyl (C=O) groups excluding carboxylic acids is 1. The summed E-state index contributed by atoms with van der Waals surface area (Å²) in [5.41, 5.74) is 1.04. The Bertz CT molecular complexity index is 514. The Labute approximate surface area is 114 Å². The van der Waals surface area contributed by atoms with E-state index in [9.17, 15) is 18.4 Å². The number of carboxylic acids is 1. The summed E-state index contributed by atoms with van der Waals surface area (Å²) in [5.74, 6) is -2.13. The van der Waals surface area contributed by atoms with Gasteiger partial charge in [-0.25, -0.2) is 4.68 Å². The number of nitrogens with one attached hydrogen (secondary N) is 1. The van der Waals surface area contributed by atoms with E-state index in [0.717, 1.165) is 0 Å². The lowest BCUT2D eigenvalue weighted by Crippen LogP contribution is -2.32. The van der Waals surface area contributed by atoms with Crippen molar-refractivity contribution in [2.24, 2.45) is 5.92 Å². The molecule has 20 heavy (non-hydrogen) atoms. The Kier molecular flexibility index (Phi) is 5.18. The number of hydrogen-bond acceptors (Lipinski definition) is 3. The number of halogens is 2. The van der Waals surface area contributed by atoms with Crippen LogP contribution in [0.2, 0.25) is 0 Å². The highest BCUT2D eigenvalue weighted by Gasteiger charge is 2.19. The van der Waals surface area contributed by atoms with Gasteiger partial charge in [0.05, 0.1) is 18.0 Å². The average Bonchev–Trinajstić information content (AvgIpc) is 2.63. The highest BCUT2D eigenvalue weighted by molar-refractivity contribution is 5.80. The van der Waals surface area contributed by atoms with E-state index in [1.165, 1.54) is 13.8 Å². The van der Waals surface area contributed by atoms with Crippen LogP contribution in [0.25, 0.3) is 0 Å². The molecule has 1 heterocycles. The zero-order valence-corrected chi connectivity index (χ0v) is 11.5. The van der Waals surface area contributed by atoms with Crippen LogP contribution in [0.1, 0.15) is 30.4 Å². The minimum absolute atomic E-state index is 0.00472. The first-order chi connectivity index (χ1) is 9.23. The molecule has 0 fully saturated rings. The lowest BCUT2D eigenvalue weighted by molar-refractivity contribution is -0.141. The fraction of sp³-hybridized carbons (Fsp3) is 0.583. The van der Waals surface area contributed by atoms with Crippen molar-refractivity contribution in [1.82, 2.24) is 15.1 Å². The second-order valence-electron chi connectivity index (χ2n) is 4.59. The lowest BCUT2D eigenvalue weighted by atomic mass is 10.1. The highest BCUT2D eigenvalue weighted by atomic mass is 19.3. The van der Waals surface area contributed by atoms with Crippen LogP contribution in [0, 0.1) is 19.8 Å². The van der Waals surface area contributed by atoms with Gasteiger partial charge in [-0.1, -0.05) is 6.92 Å². The Morgan fingerprint density at radius 1 is 1.40 bits per heavy atom. The van der Waals surface area contributed by atoms with Gasteiger partial charge in [0.2, 0.25) is 5.91 Å². The standard InChI is InChI=1S/C12H17F2N3O3/c1-6(11(19)20)5-15-10(18)4-9-7(2)16-17(8(9)3)12(13)14/h6,12H,4-5H2,1-3H3,(H,15,18)(H,19,20). The maximum Gasteiger partial charge on any atom is 0.333 e. The van der Waals surface area contributed by atoms with Gasteiger partial charge in [-0.15, -0.1) is 0 Å². The normalized spacial score (nSPS) is 12.5. The second-order valence-corrected chi connectivity index (χ2v) is 4.59. The Hall–Kier alpha value is -1.99. The predicted molar refractivity (Wildman–Crippen MR) is 66.5 cm³/mol. The van der Waals surface area contributed by atoms with E-state index in [4.69, 9.17) is 5.11 Å². The second kappa shape index (κ2) is 6.44. The number of aryl methyl sites for hydroxylation is 1. The predicted octanol–water partition coefficient (Wildman–Crippen LogP) is 1.27. The largest absolute Gasteiger partial charge is 0.481 e. The molecule has 8 heteroatoms. The number of aromatic nitrogens is 2. The van der Waals surface area contributed by atoms with E-state index in [2.05, 4.69) is 10.4 Å². The zero-order chi connectivity index (χ0) is 15.4. The molecule has 0 aliphatic carbocycles. The molecule has 0 aliphatic rings. The van der Waals surface area contributed by atoms with Gasteiger partial charge >= 0.3 is 12.5 Å². The van der Waals surface area contributed by atoms with Crippen molar-refractivity contribution in [3.63, 3.8) is 0 Å². The van der Waals surface area contributed by atoms with E-state index in [1.54, 1.807) is 6.92 Å². The van der Waals surface area contributed by atoms with Crippen LogP contribution in [0.5, 0.6) is 0 Å². The molecule has 2 N–H and O–H groups in total. The van der Waals surface area contributed by atoms with Gasteiger partial charge in [0, 0.05) is 17.8 Å². The topological polar surface area (TPSA) is 84.2 Å². The molecular weight excluding hydrogens is 272 g/mol. The summed E-state index contributed by atoms with van der Waals surface area (Å²) in [7, 11) is 0. The van der Waals surface area contributed by atoms with Crippen LogP contribution in [-0.4, -0.2) is 33.3 Å². The number of nitrogens with zero attached hydrogens (tertiary/aromatic N) is 2. The summed E-state index contributed by atoms with van der Waals surface area (Å²) in [6.45, 7) is 1.73. The highest BCUT2D eigenvalue weighted by Crippen LogP contribution is 2.19. The van der Waals surface area contributed by atoms with Gasteiger partial charge in [-0.2, -0.15) is 13.9 Å². The average molecular weight is 289 g/mol. The summed E-state index contributed by atoms with van der Waals surface area (Å²) < 4.78 is 25.8. The molecule has 112 valence electrons. The minimum Gasteiger partial charge on any atom is -0.481 e. The number of rotatable bonds is 6. The maximum atomic E-state index is 12.6. The van der Waals surface area contributed by atoms with Crippen LogP contribution < -0.4 is 5.32 Å². The summed E-state index contributed by atoms with van der Waals surface area (Å²) in [6, 6.07) is 0. The minimum atomic E-state index is -2.75. The van der Waals surface area contributed by atoms with Gasteiger partial charge in [-0.3, -0.25) is 9.59 Å². The lowest BCUT2D eigenvalue weighted by Gasteiger charge is -2.08. The van der Waals surface area contributed by atoms with Gasteiger partial charge in [0.15, 0.2) is 0 Å². The number of hydrogen-bond donors (Lipinski definition) is 2. The van der Waals surface area contributed by atoms with Crippen molar-refractivity contribution >= 4 is 11.9 Å². The van der Waals surface area contributed by atoms with Crippen molar-refractivity contribution in [3.05, 3.63) is 17.0 Å². The first-order valence-electron chi connectivity index (χ1n) is 6.06. The fourth-order valence-electron chi connectivity index (χ4n) is 1.72. The molecule has 0 bridgehead atoms. The van der Waals surface area contributed by atoms with Crippen molar-refractivity contribution in [2.75, 3.05) is 6.54 Å². The van der Waals surface area contributed by atoms with E-state index in [1.807, 2.05) is 0 Å². The van der Waals surface area contributed by atoms with Crippen molar-refractivity contribution < 1.29 is 23.5 Å². The fourth-order valence-corrected chi connectivity index (χ4v) is 1.72. The third-order valence-electron chi connectivity index (χ3n) is 3.02. The molecule has 0 spiro atoms. The number of aliphatic carboxylic acids is 1. The zero-order valence-electron chi connectivity index (χ0n) is 11.5. The van der Waals surface area contributed by atoms with Crippen LogP contribution >= 0.6 is 0 Å². The summed E-state index contributed by atoms with van der Waals surface area (Å²) in [5, 5.41) is 14.8. The first-order valence-corrected chi connectivity index (χ1v) is 6.06. The molecule has 1 atom stereocenters. The summed E-state index contributed by atoms with van der Waals surface area (Å²) in [4.78, 5) is 22.3. The van der Waals surface area contributed by atoms with Crippen LogP contribution in [0.4, 0.5) is 8.78 Å². The molecule has 0 saturated carbocycles. The van der Waals surface area contributed by atoms with Gasteiger partial charge in [0.1, 0.15) is 0 Å². The molecule has 1 aromatic rings. The third kappa shape index (κ3) is 3.75. The van der Waals surface area contributed by atoms with Gasteiger partial charge in [-0.05, 0) is 13.8 Å². The Morgan fingerprint density at radius 3 is 2.45 bits per heavy atom. The molecule has 0 radical (unpaired) electrons. The molecule has 0 aliphatic heterocycles. The summed E-state index contributed by atoms with van der Waals surface area (Å²) >= 11 is 0. The quantitative estimate of drug-likeness (QED) is 0.826. The van der Waals surface area contributed by atoms with Gasteiger partial charge < -0.3 is 10.4 Å². The third-order valence-corrected chi connectivity index (χ3v) is 3.02.